The quantitative estimate of drug-likeness (QED) is 0.800. The predicted molar refractivity (Wildman–Crippen MR) is 93.8 cm³/mol. The zero-order valence-electron chi connectivity index (χ0n) is 14.0. The third-order valence-corrected chi connectivity index (χ3v) is 4.49. The first-order valence-electron chi connectivity index (χ1n) is 8.33. The number of halogens is 1. The van der Waals surface area contributed by atoms with Gasteiger partial charge in [-0.1, -0.05) is 11.6 Å². The zero-order chi connectivity index (χ0) is 18.5. The smallest absolute Gasteiger partial charge is 0.326 e. The molecule has 1 aliphatic heterocycles. The van der Waals surface area contributed by atoms with E-state index in [0.29, 0.717) is 36.2 Å². The van der Waals surface area contributed by atoms with E-state index in [-0.39, 0.29) is 12.3 Å². The van der Waals surface area contributed by atoms with E-state index in [9.17, 15) is 14.7 Å². The Bertz CT molecular complexity index is 768. The molecule has 0 saturated carbocycles. The Balaban J connectivity index is 1.62. The van der Waals surface area contributed by atoms with Gasteiger partial charge in [0.2, 0.25) is 11.8 Å². The molecular weight excluding hydrogens is 360 g/mol. The van der Waals surface area contributed by atoms with E-state index < -0.39 is 17.9 Å². The SMILES string of the molecule is O=C(Cc1coc(-c2ccc(Cl)cc2)n1)NC(C(=O)O)C1CCCOC1. The highest BCUT2D eigenvalue weighted by atomic mass is 35.5. The van der Waals surface area contributed by atoms with E-state index in [1.165, 1.54) is 6.26 Å². The zero-order valence-corrected chi connectivity index (χ0v) is 14.7. The fourth-order valence-corrected chi connectivity index (χ4v) is 3.04. The third-order valence-electron chi connectivity index (χ3n) is 4.23. The summed E-state index contributed by atoms with van der Waals surface area (Å²) in [5.41, 5.74) is 1.17. The van der Waals surface area contributed by atoms with Crippen molar-refractivity contribution in [3.05, 3.63) is 41.2 Å². The van der Waals surface area contributed by atoms with Crippen LogP contribution in [-0.2, 0) is 20.7 Å². The number of carboxylic acid groups (broad SMARTS) is 1. The Morgan fingerprint density at radius 2 is 2.12 bits per heavy atom. The van der Waals surface area contributed by atoms with Gasteiger partial charge in [-0.25, -0.2) is 9.78 Å². The summed E-state index contributed by atoms with van der Waals surface area (Å²) in [6.07, 6.45) is 2.83. The Labute approximate surface area is 155 Å². The van der Waals surface area contributed by atoms with E-state index in [1.807, 2.05) is 0 Å². The monoisotopic (exact) mass is 378 g/mol. The number of oxazole rings is 1. The summed E-state index contributed by atoms with van der Waals surface area (Å²) < 4.78 is 10.7. The van der Waals surface area contributed by atoms with Crippen molar-refractivity contribution >= 4 is 23.5 Å². The highest BCUT2D eigenvalue weighted by Gasteiger charge is 2.31. The topological polar surface area (TPSA) is 102 Å². The molecule has 1 saturated heterocycles. The summed E-state index contributed by atoms with van der Waals surface area (Å²) in [5, 5.41) is 12.6. The van der Waals surface area contributed by atoms with E-state index >= 15 is 0 Å². The van der Waals surface area contributed by atoms with Gasteiger partial charge in [-0.05, 0) is 37.1 Å². The van der Waals surface area contributed by atoms with Crippen molar-refractivity contribution < 1.29 is 23.8 Å². The second-order valence-corrected chi connectivity index (χ2v) is 6.62. The molecule has 1 aromatic heterocycles. The average Bonchev–Trinajstić information content (AvgIpc) is 3.09. The molecule has 2 heterocycles. The van der Waals surface area contributed by atoms with Gasteiger partial charge in [0.1, 0.15) is 12.3 Å². The van der Waals surface area contributed by atoms with Crippen LogP contribution in [0, 0.1) is 5.92 Å². The maximum atomic E-state index is 12.2. The van der Waals surface area contributed by atoms with Crippen molar-refractivity contribution in [2.75, 3.05) is 13.2 Å². The van der Waals surface area contributed by atoms with Crippen LogP contribution in [-0.4, -0.2) is 41.2 Å². The van der Waals surface area contributed by atoms with E-state index in [4.69, 9.17) is 20.8 Å². The molecule has 7 nitrogen and oxygen atoms in total. The molecule has 1 aliphatic rings. The van der Waals surface area contributed by atoms with Crippen molar-refractivity contribution in [3.8, 4) is 11.5 Å². The number of nitrogens with zero attached hydrogens (tertiary/aromatic N) is 1. The van der Waals surface area contributed by atoms with Crippen molar-refractivity contribution in [3.63, 3.8) is 0 Å². The number of rotatable bonds is 6. The second kappa shape index (κ2) is 8.33. The van der Waals surface area contributed by atoms with Gasteiger partial charge < -0.3 is 19.6 Å². The molecule has 1 aromatic carbocycles. The molecule has 8 heteroatoms. The van der Waals surface area contributed by atoms with Gasteiger partial charge in [0, 0.05) is 23.1 Å². The van der Waals surface area contributed by atoms with Crippen LogP contribution in [0.2, 0.25) is 5.02 Å². The van der Waals surface area contributed by atoms with Gasteiger partial charge in [-0.2, -0.15) is 0 Å². The molecular formula is C18H19ClN2O5. The minimum atomic E-state index is -1.06. The lowest BCUT2D eigenvalue weighted by atomic mass is 9.93. The van der Waals surface area contributed by atoms with Crippen LogP contribution in [0.15, 0.2) is 34.9 Å². The minimum Gasteiger partial charge on any atom is -0.480 e. The number of carboxylic acids is 1. The lowest BCUT2D eigenvalue weighted by Crippen LogP contribution is -2.48. The number of hydrogen-bond donors (Lipinski definition) is 2. The van der Waals surface area contributed by atoms with Gasteiger partial charge in [0.05, 0.1) is 18.7 Å². The molecule has 0 aliphatic carbocycles. The molecule has 2 aromatic rings. The molecule has 2 atom stereocenters. The number of carbonyl (C=O) groups excluding carboxylic acids is 1. The first-order valence-corrected chi connectivity index (χ1v) is 8.71. The Kier molecular flexibility index (Phi) is 5.90. The molecule has 26 heavy (non-hydrogen) atoms. The number of amides is 1. The predicted octanol–water partition coefficient (Wildman–Crippen LogP) is 2.53. The molecule has 0 radical (unpaired) electrons. The fourth-order valence-electron chi connectivity index (χ4n) is 2.91. The van der Waals surface area contributed by atoms with Gasteiger partial charge in [0.15, 0.2) is 0 Å². The Morgan fingerprint density at radius 3 is 2.77 bits per heavy atom. The summed E-state index contributed by atoms with van der Waals surface area (Å²) in [6, 6.07) is 6.00. The van der Waals surface area contributed by atoms with Crippen LogP contribution >= 0.6 is 11.6 Å². The molecule has 138 valence electrons. The normalized spacial score (nSPS) is 18.3. The average molecular weight is 379 g/mol. The fraction of sp³-hybridized carbons (Fsp3) is 0.389. The molecule has 3 rings (SSSR count). The highest BCUT2D eigenvalue weighted by molar-refractivity contribution is 6.30. The standard InChI is InChI=1S/C18H19ClN2O5/c19-13-5-3-11(4-6-13)17-20-14(10-26-17)8-15(22)21-16(18(23)24)12-2-1-7-25-9-12/h3-6,10,12,16H,1-2,7-9H2,(H,21,22)(H,23,24). The van der Waals surface area contributed by atoms with Crippen LogP contribution in [0.1, 0.15) is 18.5 Å². The van der Waals surface area contributed by atoms with Gasteiger partial charge >= 0.3 is 5.97 Å². The number of carbonyl (C=O) groups is 2. The molecule has 1 amide bonds. The Morgan fingerprint density at radius 1 is 1.35 bits per heavy atom. The lowest BCUT2D eigenvalue weighted by molar-refractivity contribution is -0.145. The molecule has 0 bridgehead atoms. The van der Waals surface area contributed by atoms with Crippen LogP contribution in [0.25, 0.3) is 11.5 Å². The van der Waals surface area contributed by atoms with Crippen molar-refractivity contribution in [1.29, 1.82) is 0 Å². The highest BCUT2D eigenvalue weighted by Crippen LogP contribution is 2.21. The van der Waals surface area contributed by atoms with Crippen molar-refractivity contribution in [1.82, 2.24) is 10.3 Å². The van der Waals surface area contributed by atoms with Crippen LogP contribution in [0.5, 0.6) is 0 Å². The van der Waals surface area contributed by atoms with E-state index in [0.717, 1.165) is 12.0 Å². The van der Waals surface area contributed by atoms with Crippen LogP contribution in [0.3, 0.4) is 0 Å². The number of benzene rings is 1. The summed E-state index contributed by atoms with van der Waals surface area (Å²) in [6.45, 7) is 0.963. The number of nitrogens with one attached hydrogen (secondary N) is 1. The largest absolute Gasteiger partial charge is 0.480 e. The van der Waals surface area contributed by atoms with Crippen molar-refractivity contribution in [2.45, 2.75) is 25.3 Å². The summed E-state index contributed by atoms with van der Waals surface area (Å²) in [7, 11) is 0. The molecule has 1 fully saturated rings. The number of aromatic nitrogens is 1. The van der Waals surface area contributed by atoms with Crippen molar-refractivity contribution in [2.24, 2.45) is 5.92 Å². The Hall–Kier alpha value is -2.38. The molecule has 0 spiro atoms. The van der Waals surface area contributed by atoms with Gasteiger partial charge in [-0.15, -0.1) is 0 Å². The minimum absolute atomic E-state index is 0.0611. The lowest BCUT2D eigenvalue weighted by Gasteiger charge is -2.28. The number of hydrogen-bond acceptors (Lipinski definition) is 5. The van der Waals surface area contributed by atoms with Gasteiger partial charge in [0.25, 0.3) is 0 Å². The third kappa shape index (κ3) is 4.62. The van der Waals surface area contributed by atoms with Crippen LogP contribution in [0.4, 0.5) is 0 Å². The summed E-state index contributed by atoms with van der Waals surface area (Å²) in [4.78, 5) is 28.0. The number of aliphatic carboxylic acids is 1. The second-order valence-electron chi connectivity index (χ2n) is 6.19. The maximum Gasteiger partial charge on any atom is 0.326 e. The summed E-state index contributed by atoms with van der Waals surface area (Å²) in [5.74, 6) is -1.33. The molecule has 2 N–H and O–H groups in total. The summed E-state index contributed by atoms with van der Waals surface area (Å²) >= 11 is 5.85. The van der Waals surface area contributed by atoms with E-state index in [2.05, 4.69) is 10.3 Å². The number of ether oxygens (including phenoxy) is 1. The van der Waals surface area contributed by atoms with E-state index in [1.54, 1.807) is 24.3 Å². The van der Waals surface area contributed by atoms with Gasteiger partial charge in [-0.3, -0.25) is 4.79 Å². The first kappa shape index (κ1) is 18.4. The molecule has 2 unspecified atom stereocenters. The maximum absolute atomic E-state index is 12.2. The first-order chi connectivity index (χ1) is 12.5. The van der Waals surface area contributed by atoms with Crippen LogP contribution < -0.4 is 5.32 Å².